The molecule has 1 fully saturated rings. The third kappa shape index (κ3) is 5.33. The summed E-state index contributed by atoms with van der Waals surface area (Å²) in [5, 5.41) is 49.1. The van der Waals surface area contributed by atoms with Crippen LogP contribution in [0.1, 0.15) is 28.4 Å². The van der Waals surface area contributed by atoms with E-state index in [4.69, 9.17) is 4.74 Å². The second kappa shape index (κ2) is 9.87. The molecular weight excluding hydrogens is 483 g/mol. The lowest BCUT2D eigenvalue weighted by molar-refractivity contribution is -0.231. The van der Waals surface area contributed by atoms with Gasteiger partial charge < -0.3 is 29.3 Å². The van der Waals surface area contributed by atoms with Gasteiger partial charge in [-0.2, -0.15) is 26.9 Å². The number of rotatable bonds is 6. The average molecular weight is 503 g/mol. The van der Waals surface area contributed by atoms with Gasteiger partial charge in [-0.05, 0) is 41.3 Å². The van der Waals surface area contributed by atoms with E-state index in [1.807, 2.05) is 6.07 Å². The fraction of sp³-hybridized carbons (Fsp3) is 0.381. The highest BCUT2D eigenvalue weighted by Crippen LogP contribution is 2.34. The zero-order valence-electron chi connectivity index (χ0n) is 17.3. The van der Waals surface area contributed by atoms with Crippen molar-refractivity contribution in [2.24, 2.45) is 0 Å². The van der Waals surface area contributed by atoms with E-state index < -0.39 is 58.5 Å². The third-order valence-electron chi connectivity index (χ3n) is 5.28. The Kier molecular flexibility index (Phi) is 7.51. The maximum Gasteiger partial charge on any atom is 0.534 e. The minimum Gasteiger partial charge on any atom is -0.394 e. The lowest BCUT2D eigenvalue weighted by atomic mass is 9.89. The molecule has 1 heterocycles. The number of alkyl halides is 3. The maximum atomic E-state index is 12.5. The van der Waals surface area contributed by atoms with Crippen LogP contribution in [0, 0.1) is 11.3 Å². The van der Waals surface area contributed by atoms with Crippen LogP contribution in [0.25, 0.3) is 0 Å². The van der Waals surface area contributed by atoms with E-state index in [0.29, 0.717) is 16.7 Å². The number of nitriles is 1. The van der Waals surface area contributed by atoms with Crippen LogP contribution in [0.5, 0.6) is 5.75 Å². The number of nitrogens with zero attached hydrogens (tertiary/aromatic N) is 1. The Morgan fingerprint density at radius 2 is 1.68 bits per heavy atom. The topological polar surface area (TPSA) is 157 Å². The maximum absolute atomic E-state index is 12.5. The van der Waals surface area contributed by atoms with Gasteiger partial charge in [0.1, 0.15) is 36.3 Å². The number of hydrogen-bond donors (Lipinski definition) is 4. The first-order chi connectivity index (χ1) is 15.9. The molecule has 0 aliphatic carbocycles. The Bertz CT molecular complexity index is 1160. The number of aliphatic hydroxyl groups is 4. The summed E-state index contributed by atoms with van der Waals surface area (Å²) >= 11 is 0. The molecule has 2 aromatic rings. The molecule has 1 aliphatic rings. The number of aliphatic hydroxyl groups excluding tert-OH is 4. The summed E-state index contributed by atoms with van der Waals surface area (Å²) in [6.07, 6.45) is -6.79. The van der Waals surface area contributed by atoms with E-state index in [-0.39, 0.29) is 12.0 Å². The van der Waals surface area contributed by atoms with Crippen LogP contribution in [0.2, 0.25) is 0 Å². The molecule has 13 heteroatoms. The Morgan fingerprint density at radius 1 is 1.03 bits per heavy atom. The number of halogens is 3. The lowest BCUT2D eigenvalue weighted by Gasteiger charge is -2.40. The van der Waals surface area contributed by atoms with Crippen LogP contribution in [-0.4, -0.2) is 65.4 Å². The van der Waals surface area contributed by atoms with Crippen LogP contribution < -0.4 is 4.18 Å². The summed E-state index contributed by atoms with van der Waals surface area (Å²) in [4.78, 5) is 0. The van der Waals surface area contributed by atoms with Gasteiger partial charge >= 0.3 is 15.6 Å². The summed E-state index contributed by atoms with van der Waals surface area (Å²) < 4.78 is 69.2. The highest BCUT2D eigenvalue weighted by atomic mass is 32.2. The van der Waals surface area contributed by atoms with Crippen LogP contribution in [0.4, 0.5) is 13.2 Å². The normalized spacial score (nSPS) is 25.5. The number of ether oxygens (including phenoxy) is 1. The van der Waals surface area contributed by atoms with Crippen molar-refractivity contribution < 1.29 is 50.9 Å². The molecule has 0 radical (unpaired) electrons. The Hall–Kier alpha value is -2.73. The monoisotopic (exact) mass is 503 g/mol. The Morgan fingerprint density at radius 3 is 2.24 bits per heavy atom. The summed E-state index contributed by atoms with van der Waals surface area (Å²) in [6.45, 7) is -0.608. The van der Waals surface area contributed by atoms with E-state index in [9.17, 15) is 47.3 Å². The summed E-state index contributed by atoms with van der Waals surface area (Å²) in [5.41, 5.74) is -4.04. The molecule has 0 bridgehead atoms. The van der Waals surface area contributed by atoms with Gasteiger partial charge in [0.05, 0.1) is 18.2 Å². The Labute approximate surface area is 192 Å². The molecule has 0 aromatic heterocycles. The lowest BCUT2D eigenvalue weighted by Crippen LogP contribution is -2.55. The van der Waals surface area contributed by atoms with Crippen LogP contribution >= 0.6 is 0 Å². The SMILES string of the molecule is N#Cc1ccc(C2O[C@H](CO)[C@@H](O)[C@H](O)[C@H]2O)cc1Cc1ccc(OS(=O)(=O)C(F)(F)F)cc1. The van der Waals surface area contributed by atoms with Crippen molar-refractivity contribution in [1.29, 1.82) is 5.26 Å². The smallest absolute Gasteiger partial charge is 0.394 e. The first kappa shape index (κ1) is 25.9. The van der Waals surface area contributed by atoms with Gasteiger partial charge in [0.2, 0.25) is 0 Å². The van der Waals surface area contributed by atoms with Crippen LogP contribution in [0.15, 0.2) is 42.5 Å². The molecule has 34 heavy (non-hydrogen) atoms. The zero-order chi connectivity index (χ0) is 25.3. The molecule has 184 valence electrons. The molecule has 5 atom stereocenters. The quantitative estimate of drug-likeness (QED) is 0.332. The first-order valence-electron chi connectivity index (χ1n) is 9.81. The van der Waals surface area contributed by atoms with Gasteiger partial charge in [-0.3, -0.25) is 0 Å². The molecule has 2 aromatic carbocycles. The van der Waals surface area contributed by atoms with Gasteiger partial charge in [0.15, 0.2) is 0 Å². The van der Waals surface area contributed by atoms with E-state index >= 15 is 0 Å². The standard InChI is InChI=1S/C21H20F3NO8S/c22-21(23,24)34(30,31)33-15-5-1-11(2-6-15)7-14-8-12(3-4-13(14)9-25)20-19(29)18(28)17(27)16(10-26)32-20/h1-6,8,16-20,26-29H,7,10H2/t16-,17-,18+,19-,20?/m1/s1. The summed E-state index contributed by atoms with van der Waals surface area (Å²) in [7, 11) is -5.81. The van der Waals surface area contributed by atoms with Gasteiger partial charge in [-0.15, -0.1) is 0 Å². The highest BCUT2D eigenvalue weighted by Gasteiger charge is 2.48. The molecule has 1 unspecified atom stereocenters. The van der Waals surface area contributed by atoms with E-state index in [1.165, 1.54) is 30.3 Å². The van der Waals surface area contributed by atoms with Gasteiger partial charge in [0.25, 0.3) is 0 Å². The van der Waals surface area contributed by atoms with Crippen molar-refractivity contribution in [2.75, 3.05) is 6.61 Å². The molecule has 1 saturated heterocycles. The van der Waals surface area contributed by atoms with Crippen molar-refractivity contribution in [3.8, 4) is 11.8 Å². The zero-order valence-corrected chi connectivity index (χ0v) is 18.1. The molecule has 9 nitrogen and oxygen atoms in total. The second-order valence-corrected chi connectivity index (χ2v) is 9.12. The fourth-order valence-corrected chi connectivity index (χ4v) is 3.94. The van der Waals surface area contributed by atoms with Crippen molar-refractivity contribution in [1.82, 2.24) is 0 Å². The van der Waals surface area contributed by atoms with Crippen molar-refractivity contribution in [3.63, 3.8) is 0 Å². The predicted octanol–water partition coefficient (Wildman–Crippen LogP) is 0.892. The summed E-state index contributed by atoms with van der Waals surface area (Å²) in [5.74, 6) is -0.545. The van der Waals surface area contributed by atoms with E-state index in [2.05, 4.69) is 4.18 Å². The predicted molar refractivity (Wildman–Crippen MR) is 109 cm³/mol. The molecule has 0 amide bonds. The van der Waals surface area contributed by atoms with Gasteiger partial charge in [-0.1, -0.05) is 24.3 Å². The average Bonchev–Trinajstić information content (AvgIpc) is 2.78. The van der Waals surface area contributed by atoms with Crippen LogP contribution in [0.3, 0.4) is 0 Å². The van der Waals surface area contributed by atoms with E-state index in [1.54, 1.807) is 0 Å². The van der Waals surface area contributed by atoms with Crippen LogP contribution in [-0.2, 0) is 21.3 Å². The fourth-order valence-electron chi connectivity index (χ4n) is 3.48. The highest BCUT2D eigenvalue weighted by molar-refractivity contribution is 7.88. The minimum atomic E-state index is -5.81. The van der Waals surface area contributed by atoms with Crippen molar-refractivity contribution in [2.45, 2.75) is 42.4 Å². The number of benzene rings is 2. The van der Waals surface area contributed by atoms with Gasteiger partial charge in [0, 0.05) is 0 Å². The second-order valence-electron chi connectivity index (χ2n) is 7.58. The first-order valence-corrected chi connectivity index (χ1v) is 11.2. The van der Waals surface area contributed by atoms with E-state index in [0.717, 1.165) is 12.1 Å². The van der Waals surface area contributed by atoms with Crippen molar-refractivity contribution >= 4 is 10.1 Å². The number of hydrogen-bond acceptors (Lipinski definition) is 9. The van der Waals surface area contributed by atoms with Gasteiger partial charge in [-0.25, -0.2) is 0 Å². The molecule has 4 N–H and O–H groups in total. The third-order valence-corrected chi connectivity index (χ3v) is 6.26. The molecular formula is C21H20F3NO8S. The molecule has 1 aliphatic heterocycles. The molecule has 3 rings (SSSR count). The Balaban J connectivity index is 1.84. The summed E-state index contributed by atoms with van der Waals surface area (Å²) in [6, 6.07) is 11.1. The largest absolute Gasteiger partial charge is 0.534 e. The minimum absolute atomic E-state index is 0.0977. The van der Waals surface area contributed by atoms with Crippen molar-refractivity contribution in [3.05, 3.63) is 64.7 Å². The molecule has 0 spiro atoms. The molecule has 0 saturated carbocycles.